The molecule has 1 N–H and O–H groups in total. The lowest BCUT2D eigenvalue weighted by atomic mass is 9.92. The smallest absolute Gasteiger partial charge is 0.115 e. The van der Waals surface area contributed by atoms with Crippen molar-refractivity contribution in [3.05, 3.63) is 0 Å². The fourth-order valence-electron chi connectivity index (χ4n) is 2.98. The van der Waals surface area contributed by atoms with E-state index < -0.39 is 6.17 Å². The Labute approximate surface area is 86.5 Å². The highest BCUT2D eigenvalue weighted by atomic mass is 19.1. The lowest BCUT2D eigenvalue weighted by Gasteiger charge is -2.22. The van der Waals surface area contributed by atoms with Gasteiger partial charge in [0.1, 0.15) is 6.17 Å². The second kappa shape index (κ2) is 3.80. The summed E-state index contributed by atoms with van der Waals surface area (Å²) in [6.07, 6.45) is 6.03. The van der Waals surface area contributed by atoms with Crippen LogP contribution in [0.15, 0.2) is 0 Å². The van der Waals surface area contributed by atoms with Gasteiger partial charge in [-0.25, -0.2) is 4.39 Å². The average molecular weight is 199 g/mol. The molecule has 1 unspecified atom stereocenters. The summed E-state index contributed by atoms with van der Waals surface area (Å²) in [5.41, 5.74) is 0.474. The van der Waals surface area contributed by atoms with Gasteiger partial charge in [0, 0.05) is 12.1 Å². The molecule has 0 radical (unpaired) electrons. The van der Waals surface area contributed by atoms with Crippen LogP contribution in [0.3, 0.4) is 0 Å². The predicted octanol–water partition coefficient (Wildman–Crippen LogP) is 3.05. The van der Waals surface area contributed by atoms with E-state index in [9.17, 15) is 4.39 Å². The van der Waals surface area contributed by atoms with Gasteiger partial charge in [0.15, 0.2) is 0 Å². The van der Waals surface area contributed by atoms with Gasteiger partial charge in [0.05, 0.1) is 0 Å². The van der Waals surface area contributed by atoms with Crippen molar-refractivity contribution in [2.24, 2.45) is 5.41 Å². The Morgan fingerprint density at radius 1 is 1.21 bits per heavy atom. The number of hydrogen-bond acceptors (Lipinski definition) is 1. The minimum absolute atomic E-state index is 0.161. The lowest BCUT2D eigenvalue weighted by Crippen LogP contribution is -2.40. The van der Waals surface area contributed by atoms with Gasteiger partial charge < -0.3 is 5.32 Å². The van der Waals surface area contributed by atoms with Crippen molar-refractivity contribution in [3.8, 4) is 0 Å². The van der Waals surface area contributed by atoms with E-state index in [0.29, 0.717) is 11.5 Å². The third-order valence-corrected chi connectivity index (χ3v) is 3.85. The molecule has 0 saturated heterocycles. The molecular formula is C12H22FN. The van der Waals surface area contributed by atoms with Crippen LogP contribution in [0, 0.1) is 5.41 Å². The molecule has 2 fully saturated rings. The molecule has 0 aliphatic heterocycles. The Kier molecular flexibility index (Phi) is 2.83. The highest BCUT2D eigenvalue weighted by Crippen LogP contribution is 2.37. The summed E-state index contributed by atoms with van der Waals surface area (Å²) < 4.78 is 13.4. The first-order chi connectivity index (χ1) is 6.57. The molecule has 0 aromatic heterocycles. The molecule has 0 bridgehead atoms. The Morgan fingerprint density at radius 3 is 2.50 bits per heavy atom. The molecule has 2 aliphatic rings. The van der Waals surface area contributed by atoms with Crippen LogP contribution in [0.1, 0.15) is 52.4 Å². The van der Waals surface area contributed by atoms with Gasteiger partial charge in [0.2, 0.25) is 0 Å². The summed E-state index contributed by atoms with van der Waals surface area (Å²) in [4.78, 5) is 0. The normalized spacial score (nSPS) is 41.8. The number of halogens is 1. The molecule has 2 heteroatoms. The Bertz CT molecular complexity index is 202. The van der Waals surface area contributed by atoms with Crippen LogP contribution in [0.2, 0.25) is 0 Å². The van der Waals surface area contributed by atoms with E-state index in [1.807, 2.05) is 0 Å². The molecule has 1 nitrogen and oxygen atoms in total. The maximum absolute atomic E-state index is 13.4. The van der Waals surface area contributed by atoms with Crippen molar-refractivity contribution in [1.29, 1.82) is 0 Å². The summed E-state index contributed by atoms with van der Waals surface area (Å²) in [6.45, 7) is 4.63. The number of alkyl halides is 1. The number of hydrogen-bond donors (Lipinski definition) is 1. The number of nitrogens with one attached hydrogen (secondary N) is 1. The van der Waals surface area contributed by atoms with Gasteiger partial charge in [0.25, 0.3) is 0 Å². The minimum atomic E-state index is -0.585. The van der Waals surface area contributed by atoms with Gasteiger partial charge >= 0.3 is 0 Å². The molecule has 2 aliphatic carbocycles. The predicted molar refractivity (Wildman–Crippen MR) is 57.1 cm³/mol. The largest absolute Gasteiger partial charge is 0.308 e. The van der Waals surface area contributed by atoms with Crippen LogP contribution in [0.4, 0.5) is 4.39 Å². The second-order valence-corrected chi connectivity index (χ2v) is 5.82. The molecule has 2 saturated carbocycles. The van der Waals surface area contributed by atoms with E-state index in [4.69, 9.17) is 0 Å². The van der Waals surface area contributed by atoms with Gasteiger partial charge in [-0.2, -0.15) is 0 Å². The SMILES string of the molecule is CC1(C)CCC(N[C@H]2CCC[C@H]2F)C1. The highest BCUT2D eigenvalue weighted by Gasteiger charge is 2.35. The van der Waals surface area contributed by atoms with E-state index in [1.54, 1.807) is 0 Å². The molecule has 82 valence electrons. The molecule has 2 rings (SSSR count). The van der Waals surface area contributed by atoms with Gasteiger partial charge in [-0.3, -0.25) is 0 Å². The zero-order valence-electron chi connectivity index (χ0n) is 9.35. The Morgan fingerprint density at radius 2 is 2.00 bits per heavy atom. The highest BCUT2D eigenvalue weighted by molar-refractivity contribution is 4.91. The zero-order valence-corrected chi connectivity index (χ0v) is 9.35. The van der Waals surface area contributed by atoms with Gasteiger partial charge in [-0.05, 0) is 43.9 Å². The first kappa shape index (κ1) is 10.4. The minimum Gasteiger partial charge on any atom is -0.308 e. The summed E-state index contributed by atoms with van der Waals surface area (Å²) >= 11 is 0. The maximum Gasteiger partial charge on any atom is 0.115 e. The number of rotatable bonds is 2. The first-order valence-corrected chi connectivity index (χ1v) is 5.97. The van der Waals surface area contributed by atoms with Crippen molar-refractivity contribution in [2.45, 2.75) is 70.6 Å². The molecule has 3 atom stereocenters. The van der Waals surface area contributed by atoms with Crippen molar-refractivity contribution >= 4 is 0 Å². The first-order valence-electron chi connectivity index (χ1n) is 5.97. The van der Waals surface area contributed by atoms with E-state index in [-0.39, 0.29) is 6.04 Å². The van der Waals surface area contributed by atoms with Crippen LogP contribution in [0.5, 0.6) is 0 Å². The molecule has 0 aromatic rings. The quantitative estimate of drug-likeness (QED) is 0.720. The van der Waals surface area contributed by atoms with Crippen molar-refractivity contribution < 1.29 is 4.39 Å². The Balaban J connectivity index is 1.81. The van der Waals surface area contributed by atoms with Crippen molar-refractivity contribution in [1.82, 2.24) is 5.32 Å². The fraction of sp³-hybridized carbons (Fsp3) is 1.00. The molecule has 0 aromatic carbocycles. The van der Waals surface area contributed by atoms with Crippen LogP contribution < -0.4 is 5.32 Å². The standard InChI is InChI=1S/C12H22FN/c1-12(2)7-6-9(8-12)14-11-5-3-4-10(11)13/h9-11,14H,3-8H2,1-2H3/t9?,10-,11+/m1/s1. The Hall–Kier alpha value is -0.110. The van der Waals surface area contributed by atoms with E-state index >= 15 is 0 Å². The van der Waals surface area contributed by atoms with Crippen molar-refractivity contribution in [3.63, 3.8) is 0 Å². The lowest BCUT2D eigenvalue weighted by molar-refractivity contribution is 0.257. The molecular weight excluding hydrogens is 177 g/mol. The van der Waals surface area contributed by atoms with E-state index in [2.05, 4.69) is 19.2 Å². The molecule has 14 heavy (non-hydrogen) atoms. The van der Waals surface area contributed by atoms with Crippen molar-refractivity contribution in [2.75, 3.05) is 0 Å². The van der Waals surface area contributed by atoms with Crippen LogP contribution in [0.25, 0.3) is 0 Å². The van der Waals surface area contributed by atoms with Gasteiger partial charge in [-0.15, -0.1) is 0 Å². The van der Waals surface area contributed by atoms with Crippen LogP contribution in [-0.2, 0) is 0 Å². The van der Waals surface area contributed by atoms with E-state index in [0.717, 1.165) is 19.3 Å². The molecule has 0 heterocycles. The monoisotopic (exact) mass is 199 g/mol. The summed E-state index contributed by atoms with van der Waals surface area (Å²) in [5, 5.41) is 3.51. The third kappa shape index (κ3) is 2.28. The van der Waals surface area contributed by atoms with Crippen LogP contribution >= 0.6 is 0 Å². The fourth-order valence-corrected chi connectivity index (χ4v) is 2.98. The van der Waals surface area contributed by atoms with Gasteiger partial charge in [-0.1, -0.05) is 13.8 Å². The average Bonchev–Trinajstić information content (AvgIpc) is 2.61. The summed E-state index contributed by atoms with van der Waals surface area (Å²) in [5.74, 6) is 0. The summed E-state index contributed by atoms with van der Waals surface area (Å²) in [6, 6.07) is 0.736. The molecule has 0 spiro atoms. The third-order valence-electron chi connectivity index (χ3n) is 3.85. The van der Waals surface area contributed by atoms with Crippen LogP contribution in [-0.4, -0.2) is 18.3 Å². The maximum atomic E-state index is 13.4. The zero-order chi connectivity index (χ0) is 10.2. The molecule has 0 amide bonds. The second-order valence-electron chi connectivity index (χ2n) is 5.82. The van der Waals surface area contributed by atoms with E-state index in [1.165, 1.54) is 19.3 Å². The topological polar surface area (TPSA) is 12.0 Å². The summed E-state index contributed by atoms with van der Waals surface area (Å²) in [7, 11) is 0.